The fourth-order valence-corrected chi connectivity index (χ4v) is 5.79. The largest absolute Gasteiger partial charge is 0.491 e. The van der Waals surface area contributed by atoms with Crippen LogP contribution in [0.15, 0.2) is 71.6 Å². The molecule has 13 heteroatoms. The summed E-state index contributed by atoms with van der Waals surface area (Å²) in [7, 11) is -3.71. The van der Waals surface area contributed by atoms with Gasteiger partial charge in [0.2, 0.25) is 11.6 Å². The highest BCUT2D eigenvalue weighted by atomic mass is 32.2. The molecule has 1 N–H and O–H groups in total. The SMILES string of the molecule is COc1c(F)c(F)cc(C(=O)c2ccc(-c3cccc(NS(=O)(=O)c4ccccc4C(F)(F)F)c3)s2)c1F. The zero-order valence-electron chi connectivity index (χ0n) is 19.1. The maximum Gasteiger partial charge on any atom is 0.417 e. The molecule has 0 unspecified atom stereocenters. The van der Waals surface area contributed by atoms with Gasteiger partial charge in [0, 0.05) is 10.6 Å². The van der Waals surface area contributed by atoms with Crippen molar-refractivity contribution in [3.63, 3.8) is 0 Å². The zero-order valence-corrected chi connectivity index (χ0v) is 20.7. The predicted molar refractivity (Wildman–Crippen MR) is 128 cm³/mol. The van der Waals surface area contributed by atoms with Crippen molar-refractivity contribution in [1.82, 2.24) is 0 Å². The molecule has 0 aliphatic carbocycles. The van der Waals surface area contributed by atoms with E-state index in [1.807, 2.05) is 0 Å². The van der Waals surface area contributed by atoms with Crippen LogP contribution in [0.4, 0.5) is 32.0 Å². The molecule has 0 saturated carbocycles. The molecule has 0 aliphatic heterocycles. The molecule has 3 aromatic carbocycles. The number of alkyl halides is 3. The average molecular weight is 572 g/mol. The number of halogens is 6. The molecule has 0 atom stereocenters. The Morgan fingerprint density at radius 1 is 0.921 bits per heavy atom. The van der Waals surface area contributed by atoms with Crippen LogP contribution in [0.3, 0.4) is 0 Å². The van der Waals surface area contributed by atoms with Crippen molar-refractivity contribution in [2.75, 3.05) is 11.8 Å². The molecule has 0 saturated heterocycles. The van der Waals surface area contributed by atoms with Crippen molar-refractivity contribution in [1.29, 1.82) is 0 Å². The number of carbonyl (C=O) groups excluding carboxylic acids is 1. The number of benzene rings is 3. The maximum atomic E-state index is 14.5. The number of thiophene rings is 1. The number of nitrogens with one attached hydrogen (secondary N) is 1. The molecule has 5 nitrogen and oxygen atoms in total. The van der Waals surface area contributed by atoms with Gasteiger partial charge in [0.05, 0.1) is 28.0 Å². The minimum atomic E-state index is -4.90. The minimum absolute atomic E-state index is 0.0444. The third-order valence-electron chi connectivity index (χ3n) is 5.28. The molecule has 38 heavy (non-hydrogen) atoms. The first-order chi connectivity index (χ1) is 17.8. The summed E-state index contributed by atoms with van der Waals surface area (Å²) in [6.07, 6.45) is -4.90. The summed E-state index contributed by atoms with van der Waals surface area (Å²) >= 11 is 0.851. The van der Waals surface area contributed by atoms with E-state index in [9.17, 15) is 39.6 Å². The normalized spacial score (nSPS) is 11.9. The number of hydrogen-bond acceptors (Lipinski definition) is 5. The number of rotatable bonds is 7. The summed E-state index contributed by atoms with van der Waals surface area (Å²) in [4.78, 5) is 12.2. The van der Waals surface area contributed by atoms with Gasteiger partial charge in [0.1, 0.15) is 0 Å². The molecule has 4 rings (SSSR count). The smallest absolute Gasteiger partial charge is 0.417 e. The summed E-state index contributed by atoms with van der Waals surface area (Å²) < 4.78 is 114. The number of ketones is 1. The first-order valence-corrected chi connectivity index (χ1v) is 12.8. The lowest BCUT2D eigenvalue weighted by molar-refractivity contribution is -0.139. The van der Waals surface area contributed by atoms with Crippen molar-refractivity contribution in [3.8, 4) is 16.2 Å². The topological polar surface area (TPSA) is 72.5 Å². The van der Waals surface area contributed by atoms with E-state index < -0.39 is 61.2 Å². The van der Waals surface area contributed by atoms with Crippen molar-refractivity contribution < 1.29 is 44.3 Å². The van der Waals surface area contributed by atoms with E-state index in [4.69, 9.17) is 0 Å². The molecule has 1 heterocycles. The standard InChI is InChI=1S/C25H15F6NO4S2/c1-36-24-21(27)15(12-17(26)22(24)28)23(33)19-10-9-18(37-19)13-5-4-6-14(11-13)32-38(34,35)20-8-3-2-7-16(20)25(29,30)31/h2-12,32H,1H3. The Morgan fingerprint density at radius 3 is 2.32 bits per heavy atom. The number of ether oxygens (including phenoxy) is 1. The molecular formula is C25H15F6NO4S2. The minimum Gasteiger partial charge on any atom is -0.491 e. The highest BCUT2D eigenvalue weighted by Gasteiger charge is 2.37. The van der Waals surface area contributed by atoms with Crippen LogP contribution < -0.4 is 9.46 Å². The van der Waals surface area contributed by atoms with Crippen LogP contribution in [0.2, 0.25) is 0 Å². The second kappa shape index (κ2) is 10.1. The van der Waals surface area contributed by atoms with Gasteiger partial charge in [-0.3, -0.25) is 9.52 Å². The molecule has 0 aliphatic rings. The van der Waals surface area contributed by atoms with Gasteiger partial charge in [-0.1, -0.05) is 24.3 Å². The van der Waals surface area contributed by atoms with Gasteiger partial charge in [-0.05, 0) is 48.0 Å². The van der Waals surface area contributed by atoms with E-state index >= 15 is 0 Å². The van der Waals surface area contributed by atoms with Crippen LogP contribution in [-0.2, 0) is 16.2 Å². The Hall–Kier alpha value is -3.84. The van der Waals surface area contributed by atoms with Crippen LogP contribution in [0.1, 0.15) is 20.8 Å². The molecule has 0 fully saturated rings. The summed E-state index contributed by atoms with van der Waals surface area (Å²) in [6.45, 7) is 0. The van der Waals surface area contributed by atoms with Crippen molar-refractivity contribution in [3.05, 3.63) is 100 Å². The van der Waals surface area contributed by atoms with Gasteiger partial charge in [-0.2, -0.15) is 17.6 Å². The van der Waals surface area contributed by atoms with Crippen molar-refractivity contribution in [2.24, 2.45) is 0 Å². The molecule has 1 aromatic heterocycles. The average Bonchev–Trinajstić information content (AvgIpc) is 3.36. The lowest BCUT2D eigenvalue weighted by atomic mass is 10.1. The Morgan fingerprint density at radius 2 is 1.63 bits per heavy atom. The summed E-state index contributed by atoms with van der Waals surface area (Å²) in [5, 5.41) is 0. The molecule has 0 amide bonds. The second-order valence-electron chi connectivity index (χ2n) is 7.74. The number of anilines is 1. The van der Waals surface area contributed by atoms with Crippen LogP contribution in [0.5, 0.6) is 5.75 Å². The van der Waals surface area contributed by atoms with Gasteiger partial charge in [0.15, 0.2) is 17.4 Å². The molecular weight excluding hydrogens is 556 g/mol. The molecule has 0 spiro atoms. The summed E-state index contributed by atoms with van der Waals surface area (Å²) in [5.41, 5.74) is -1.76. The molecule has 4 aromatic rings. The Kier molecular flexibility index (Phi) is 7.26. The molecule has 0 radical (unpaired) electrons. The monoisotopic (exact) mass is 571 g/mol. The Balaban J connectivity index is 1.64. The number of methoxy groups -OCH3 is 1. The fraction of sp³-hybridized carbons (Fsp3) is 0.0800. The van der Waals surface area contributed by atoms with Crippen LogP contribution in [0.25, 0.3) is 10.4 Å². The van der Waals surface area contributed by atoms with E-state index in [0.717, 1.165) is 36.6 Å². The van der Waals surface area contributed by atoms with Gasteiger partial charge < -0.3 is 4.74 Å². The highest BCUT2D eigenvalue weighted by molar-refractivity contribution is 7.92. The lowest BCUT2D eigenvalue weighted by Crippen LogP contribution is -2.18. The summed E-state index contributed by atoms with van der Waals surface area (Å²) in [6, 6.07) is 12.5. The van der Waals surface area contributed by atoms with Crippen LogP contribution in [0, 0.1) is 17.5 Å². The number of hydrogen-bond donors (Lipinski definition) is 1. The lowest BCUT2D eigenvalue weighted by Gasteiger charge is -2.14. The van der Waals surface area contributed by atoms with E-state index in [2.05, 4.69) is 9.46 Å². The second-order valence-corrected chi connectivity index (χ2v) is 10.5. The van der Waals surface area contributed by atoms with Crippen LogP contribution in [-0.4, -0.2) is 21.3 Å². The fourth-order valence-electron chi connectivity index (χ4n) is 3.55. The van der Waals surface area contributed by atoms with Crippen LogP contribution >= 0.6 is 11.3 Å². The Bertz CT molecular complexity index is 1650. The molecule has 198 valence electrons. The first kappa shape index (κ1) is 27.2. The van der Waals surface area contributed by atoms with E-state index in [-0.39, 0.29) is 10.6 Å². The predicted octanol–water partition coefficient (Wildman–Crippen LogP) is 6.89. The van der Waals surface area contributed by atoms with Crippen molar-refractivity contribution in [2.45, 2.75) is 11.1 Å². The third-order valence-corrected chi connectivity index (χ3v) is 7.85. The van der Waals surface area contributed by atoms with Gasteiger partial charge in [-0.15, -0.1) is 11.3 Å². The zero-order chi connectivity index (χ0) is 27.8. The van der Waals surface area contributed by atoms with Gasteiger partial charge >= 0.3 is 6.18 Å². The first-order valence-electron chi connectivity index (χ1n) is 10.5. The quantitative estimate of drug-likeness (QED) is 0.149. The molecule has 0 bridgehead atoms. The van der Waals surface area contributed by atoms with Gasteiger partial charge in [0.25, 0.3) is 10.0 Å². The summed E-state index contributed by atoms with van der Waals surface area (Å²) in [5.74, 6) is -6.42. The number of sulfonamides is 1. The maximum absolute atomic E-state index is 14.5. The highest BCUT2D eigenvalue weighted by Crippen LogP contribution is 2.36. The van der Waals surface area contributed by atoms with Gasteiger partial charge in [-0.25, -0.2) is 17.2 Å². The van der Waals surface area contributed by atoms with E-state index in [1.165, 1.54) is 30.3 Å². The number of carbonyl (C=O) groups is 1. The van der Waals surface area contributed by atoms with E-state index in [0.29, 0.717) is 22.6 Å². The van der Waals surface area contributed by atoms with E-state index in [1.54, 1.807) is 6.07 Å². The van der Waals surface area contributed by atoms with Crippen molar-refractivity contribution >= 4 is 32.8 Å². The Labute approximate surface area is 216 Å². The third kappa shape index (κ3) is 5.24.